The van der Waals surface area contributed by atoms with E-state index in [0.29, 0.717) is 19.8 Å². The first-order valence-corrected chi connectivity index (χ1v) is 7.21. The molecule has 5 nitrogen and oxygen atoms in total. The third-order valence-corrected chi connectivity index (χ3v) is 3.10. The predicted octanol–water partition coefficient (Wildman–Crippen LogP) is 1.59. The molecule has 5 heteroatoms. The number of nitrogens with one attached hydrogen (secondary N) is 1. The van der Waals surface area contributed by atoms with Gasteiger partial charge in [0.15, 0.2) is 0 Å². The fourth-order valence-electron chi connectivity index (χ4n) is 2.08. The van der Waals surface area contributed by atoms with E-state index >= 15 is 0 Å². The SMILES string of the molecule is CCOC(=O)C(NCCN(C)C)c1ccccc1COC. The second-order valence-corrected chi connectivity index (χ2v) is 5.07. The van der Waals surface area contributed by atoms with Crippen LogP contribution in [0.1, 0.15) is 24.1 Å². The van der Waals surface area contributed by atoms with E-state index in [0.717, 1.165) is 17.7 Å². The Morgan fingerprint density at radius 2 is 2.05 bits per heavy atom. The minimum absolute atomic E-state index is 0.250. The Morgan fingerprint density at radius 1 is 1.33 bits per heavy atom. The highest BCUT2D eigenvalue weighted by Gasteiger charge is 2.23. The van der Waals surface area contributed by atoms with Gasteiger partial charge in [0.05, 0.1) is 13.2 Å². The molecule has 0 aromatic heterocycles. The zero-order valence-electron chi connectivity index (χ0n) is 13.4. The summed E-state index contributed by atoms with van der Waals surface area (Å²) in [5.74, 6) is -0.250. The van der Waals surface area contributed by atoms with Crippen molar-refractivity contribution in [1.29, 1.82) is 0 Å². The molecular weight excluding hydrogens is 268 g/mol. The quantitative estimate of drug-likeness (QED) is 0.701. The minimum atomic E-state index is -0.462. The second-order valence-electron chi connectivity index (χ2n) is 5.07. The van der Waals surface area contributed by atoms with Crippen LogP contribution in [-0.4, -0.2) is 51.8 Å². The van der Waals surface area contributed by atoms with Gasteiger partial charge in [0, 0.05) is 20.2 Å². The highest BCUT2D eigenvalue weighted by atomic mass is 16.5. The molecule has 0 amide bonds. The molecule has 1 rings (SSSR count). The van der Waals surface area contributed by atoms with Crippen molar-refractivity contribution in [2.24, 2.45) is 0 Å². The van der Waals surface area contributed by atoms with Gasteiger partial charge in [-0.2, -0.15) is 0 Å². The first-order valence-electron chi connectivity index (χ1n) is 7.21. The number of carbonyl (C=O) groups is 1. The number of esters is 1. The van der Waals surface area contributed by atoms with Gasteiger partial charge < -0.3 is 14.4 Å². The van der Waals surface area contributed by atoms with Crippen molar-refractivity contribution in [3.05, 3.63) is 35.4 Å². The maximum Gasteiger partial charge on any atom is 0.327 e. The third-order valence-electron chi connectivity index (χ3n) is 3.10. The fraction of sp³-hybridized carbons (Fsp3) is 0.562. The highest BCUT2D eigenvalue weighted by Crippen LogP contribution is 2.20. The molecule has 1 aromatic carbocycles. The van der Waals surface area contributed by atoms with E-state index in [1.54, 1.807) is 7.11 Å². The zero-order valence-corrected chi connectivity index (χ0v) is 13.4. The lowest BCUT2D eigenvalue weighted by Gasteiger charge is -2.21. The van der Waals surface area contributed by atoms with E-state index in [2.05, 4.69) is 10.2 Å². The van der Waals surface area contributed by atoms with Crippen LogP contribution < -0.4 is 5.32 Å². The predicted molar refractivity (Wildman–Crippen MR) is 83.1 cm³/mol. The van der Waals surface area contributed by atoms with E-state index in [1.807, 2.05) is 45.3 Å². The maximum atomic E-state index is 12.2. The Bertz CT molecular complexity index is 435. The van der Waals surface area contributed by atoms with E-state index in [4.69, 9.17) is 9.47 Å². The van der Waals surface area contributed by atoms with E-state index < -0.39 is 6.04 Å². The minimum Gasteiger partial charge on any atom is -0.465 e. The summed E-state index contributed by atoms with van der Waals surface area (Å²) >= 11 is 0. The van der Waals surface area contributed by atoms with Gasteiger partial charge in [-0.3, -0.25) is 5.32 Å². The Morgan fingerprint density at radius 3 is 2.67 bits per heavy atom. The standard InChI is InChI=1S/C16H26N2O3/c1-5-21-16(19)15(17-10-11-18(2)3)14-9-7-6-8-13(14)12-20-4/h6-9,15,17H,5,10-12H2,1-4H3. The molecule has 1 atom stereocenters. The van der Waals surface area contributed by atoms with Gasteiger partial charge in [0.2, 0.25) is 0 Å². The van der Waals surface area contributed by atoms with Crippen LogP contribution in [0.15, 0.2) is 24.3 Å². The van der Waals surface area contributed by atoms with Gasteiger partial charge >= 0.3 is 5.97 Å². The number of hydrogen-bond donors (Lipinski definition) is 1. The molecule has 118 valence electrons. The summed E-state index contributed by atoms with van der Waals surface area (Å²) in [6.45, 7) is 4.22. The van der Waals surface area contributed by atoms with Crippen LogP contribution in [0.2, 0.25) is 0 Å². The van der Waals surface area contributed by atoms with Crippen molar-refractivity contribution in [3.63, 3.8) is 0 Å². The Kier molecular flexibility index (Phi) is 7.97. The molecular formula is C16H26N2O3. The first kappa shape index (κ1) is 17.6. The molecule has 1 aromatic rings. The van der Waals surface area contributed by atoms with Gasteiger partial charge in [-0.1, -0.05) is 24.3 Å². The Balaban J connectivity index is 2.91. The lowest BCUT2D eigenvalue weighted by Crippen LogP contribution is -2.35. The van der Waals surface area contributed by atoms with Crippen LogP contribution in [0, 0.1) is 0 Å². The number of carbonyl (C=O) groups excluding carboxylic acids is 1. The molecule has 0 radical (unpaired) electrons. The van der Waals surface area contributed by atoms with Crippen molar-refractivity contribution in [1.82, 2.24) is 10.2 Å². The van der Waals surface area contributed by atoms with Crippen LogP contribution >= 0.6 is 0 Å². The van der Waals surface area contributed by atoms with Gasteiger partial charge in [-0.25, -0.2) is 4.79 Å². The lowest BCUT2D eigenvalue weighted by atomic mass is 10.0. The monoisotopic (exact) mass is 294 g/mol. The number of hydrogen-bond acceptors (Lipinski definition) is 5. The molecule has 0 saturated heterocycles. The molecule has 0 fully saturated rings. The van der Waals surface area contributed by atoms with Crippen LogP contribution in [0.25, 0.3) is 0 Å². The normalized spacial score (nSPS) is 12.4. The number of rotatable bonds is 9. The molecule has 0 saturated carbocycles. The summed E-state index contributed by atoms with van der Waals surface area (Å²) in [6, 6.07) is 7.32. The third kappa shape index (κ3) is 5.83. The van der Waals surface area contributed by atoms with Crippen molar-refractivity contribution in [2.75, 3.05) is 40.9 Å². The average Bonchev–Trinajstić information content (AvgIpc) is 2.45. The molecule has 0 aliphatic carbocycles. The summed E-state index contributed by atoms with van der Waals surface area (Å²) in [5.41, 5.74) is 1.91. The summed E-state index contributed by atoms with van der Waals surface area (Å²) < 4.78 is 10.4. The molecule has 1 unspecified atom stereocenters. The lowest BCUT2D eigenvalue weighted by molar-refractivity contribution is -0.145. The summed E-state index contributed by atoms with van der Waals surface area (Å²) in [6.07, 6.45) is 0. The van der Waals surface area contributed by atoms with Crippen LogP contribution in [-0.2, 0) is 20.9 Å². The average molecular weight is 294 g/mol. The number of nitrogens with zero attached hydrogens (tertiary/aromatic N) is 1. The smallest absolute Gasteiger partial charge is 0.327 e. The van der Waals surface area contributed by atoms with Crippen molar-refractivity contribution < 1.29 is 14.3 Å². The van der Waals surface area contributed by atoms with E-state index in [9.17, 15) is 4.79 Å². The molecule has 0 bridgehead atoms. The second kappa shape index (κ2) is 9.50. The van der Waals surface area contributed by atoms with Crippen molar-refractivity contribution in [3.8, 4) is 0 Å². The number of methoxy groups -OCH3 is 1. The number of likely N-dealkylation sites (N-methyl/N-ethyl adjacent to an activating group) is 1. The fourth-order valence-corrected chi connectivity index (χ4v) is 2.08. The summed E-state index contributed by atoms with van der Waals surface area (Å²) in [4.78, 5) is 14.3. The number of ether oxygens (including phenoxy) is 2. The van der Waals surface area contributed by atoms with Crippen LogP contribution in [0.3, 0.4) is 0 Å². The van der Waals surface area contributed by atoms with Crippen LogP contribution in [0.5, 0.6) is 0 Å². The first-order chi connectivity index (χ1) is 10.1. The summed E-state index contributed by atoms with van der Waals surface area (Å²) in [5, 5.41) is 3.28. The van der Waals surface area contributed by atoms with E-state index in [-0.39, 0.29) is 5.97 Å². The van der Waals surface area contributed by atoms with E-state index in [1.165, 1.54) is 0 Å². The largest absolute Gasteiger partial charge is 0.465 e. The van der Waals surface area contributed by atoms with Crippen molar-refractivity contribution in [2.45, 2.75) is 19.6 Å². The molecule has 0 heterocycles. The van der Waals surface area contributed by atoms with Crippen molar-refractivity contribution >= 4 is 5.97 Å². The van der Waals surface area contributed by atoms with Crippen LogP contribution in [0.4, 0.5) is 0 Å². The van der Waals surface area contributed by atoms with Gasteiger partial charge in [-0.05, 0) is 32.1 Å². The molecule has 1 N–H and O–H groups in total. The van der Waals surface area contributed by atoms with Gasteiger partial charge in [0.25, 0.3) is 0 Å². The van der Waals surface area contributed by atoms with Gasteiger partial charge in [-0.15, -0.1) is 0 Å². The summed E-state index contributed by atoms with van der Waals surface area (Å²) in [7, 11) is 5.65. The Hall–Kier alpha value is -1.43. The molecule has 21 heavy (non-hydrogen) atoms. The Labute approximate surface area is 127 Å². The molecule has 0 aliphatic rings. The molecule has 0 aliphatic heterocycles. The molecule has 0 spiro atoms. The number of benzene rings is 1. The van der Waals surface area contributed by atoms with Gasteiger partial charge in [0.1, 0.15) is 6.04 Å². The highest BCUT2D eigenvalue weighted by molar-refractivity contribution is 5.78. The zero-order chi connectivity index (χ0) is 15.7. The topological polar surface area (TPSA) is 50.8 Å². The maximum absolute atomic E-state index is 12.2.